The van der Waals surface area contributed by atoms with Crippen molar-refractivity contribution in [2.24, 2.45) is 0 Å². The molecule has 24 heavy (non-hydrogen) atoms. The molecule has 0 aliphatic rings. The third-order valence-corrected chi connectivity index (χ3v) is 4.62. The van der Waals surface area contributed by atoms with Crippen LogP contribution in [0, 0.1) is 6.92 Å². The van der Waals surface area contributed by atoms with Crippen LogP contribution in [0.5, 0.6) is 5.75 Å². The molecule has 0 spiro atoms. The highest BCUT2D eigenvalue weighted by atomic mass is 35.5. The minimum atomic E-state index is -5.47. The number of nitrogens with one attached hydrogen (secondary N) is 1. The van der Waals surface area contributed by atoms with Crippen LogP contribution in [0.1, 0.15) is 22.8 Å². The van der Waals surface area contributed by atoms with E-state index in [0.29, 0.717) is 5.56 Å². The number of alkyl halides is 3. The minimum Gasteiger partial charge on any atom is -0.492 e. The van der Waals surface area contributed by atoms with E-state index in [1.54, 1.807) is 6.92 Å². The predicted octanol–water partition coefficient (Wildman–Crippen LogP) is 2.64. The van der Waals surface area contributed by atoms with Crippen molar-refractivity contribution in [3.05, 3.63) is 28.3 Å². The Labute approximate surface area is 141 Å². The Morgan fingerprint density at radius 1 is 1.38 bits per heavy atom. The van der Waals surface area contributed by atoms with Crippen molar-refractivity contribution in [1.82, 2.24) is 4.72 Å². The van der Waals surface area contributed by atoms with Crippen LogP contribution in [0.3, 0.4) is 0 Å². The van der Waals surface area contributed by atoms with E-state index in [2.05, 4.69) is 4.74 Å². The van der Waals surface area contributed by atoms with Gasteiger partial charge in [-0.1, -0.05) is 11.6 Å². The second-order valence-corrected chi connectivity index (χ2v) is 6.96. The molecule has 0 aromatic heterocycles. The van der Waals surface area contributed by atoms with Gasteiger partial charge >= 0.3 is 21.5 Å². The summed E-state index contributed by atoms with van der Waals surface area (Å²) in [5, 5.41) is 0.153. The maximum Gasteiger partial charge on any atom is 0.511 e. The van der Waals surface area contributed by atoms with Gasteiger partial charge in [-0.2, -0.15) is 13.2 Å². The second-order valence-electron chi connectivity index (χ2n) is 4.87. The normalized spacial score (nSPS) is 13.5. The number of rotatable bonds is 6. The number of carbonyl (C=O) groups is 1. The number of hydrogen-bond acceptors (Lipinski definition) is 5. The summed E-state index contributed by atoms with van der Waals surface area (Å²) in [5.41, 5.74) is -4.90. The van der Waals surface area contributed by atoms with Crippen LogP contribution in [-0.2, 0) is 14.8 Å². The smallest absolute Gasteiger partial charge is 0.492 e. The van der Waals surface area contributed by atoms with Crippen molar-refractivity contribution in [3.63, 3.8) is 0 Å². The topological polar surface area (TPSA) is 81.7 Å². The quantitative estimate of drug-likeness (QED) is 0.756. The van der Waals surface area contributed by atoms with Crippen molar-refractivity contribution < 1.29 is 35.9 Å². The van der Waals surface area contributed by atoms with Crippen LogP contribution in [-0.4, -0.2) is 39.7 Å². The molecule has 0 unspecified atom stereocenters. The Kier molecular flexibility index (Phi) is 6.48. The molecule has 6 nitrogen and oxygen atoms in total. The number of ether oxygens (including phenoxy) is 2. The molecule has 1 N–H and O–H groups in total. The van der Waals surface area contributed by atoms with Crippen LogP contribution in [0.4, 0.5) is 13.2 Å². The summed E-state index contributed by atoms with van der Waals surface area (Å²) in [6, 6.07) is 1.56. The number of methoxy groups -OCH3 is 1. The van der Waals surface area contributed by atoms with Crippen molar-refractivity contribution in [2.45, 2.75) is 25.4 Å². The highest BCUT2D eigenvalue weighted by molar-refractivity contribution is 7.90. The summed E-state index contributed by atoms with van der Waals surface area (Å²) in [6.45, 7) is 2.40. The molecule has 0 saturated carbocycles. The number of aryl methyl sites for hydroxylation is 1. The molecule has 0 saturated heterocycles. The van der Waals surface area contributed by atoms with Gasteiger partial charge in [-0.05, 0) is 31.5 Å². The van der Waals surface area contributed by atoms with Crippen molar-refractivity contribution >= 4 is 27.6 Å². The summed E-state index contributed by atoms with van der Waals surface area (Å²) in [6.07, 6.45) is 0. The van der Waals surface area contributed by atoms with Gasteiger partial charge in [0.2, 0.25) is 0 Å². The molecule has 0 heterocycles. The fraction of sp³-hybridized carbons (Fsp3) is 0.462. The molecule has 0 aliphatic heterocycles. The fourth-order valence-electron chi connectivity index (χ4n) is 1.67. The zero-order valence-electron chi connectivity index (χ0n) is 12.9. The first-order chi connectivity index (χ1) is 10.9. The Bertz CT molecular complexity index is 721. The lowest BCUT2D eigenvalue weighted by Crippen LogP contribution is -2.43. The van der Waals surface area contributed by atoms with E-state index in [0.717, 1.165) is 7.11 Å². The van der Waals surface area contributed by atoms with E-state index >= 15 is 0 Å². The molecule has 0 fully saturated rings. The van der Waals surface area contributed by atoms with Gasteiger partial charge in [0.05, 0.1) is 23.7 Å². The molecule has 0 aliphatic carbocycles. The van der Waals surface area contributed by atoms with Crippen LogP contribution in [0.15, 0.2) is 12.1 Å². The third kappa shape index (κ3) is 4.99. The maximum atomic E-state index is 12.3. The fourth-order valence-corrected chi connectivity index (χ4v) is 2.58. The summed E-state index contributed by atoms with van der Waals surface area (Å²) in [4.78, 5) is 11.6. The minimum absolute atomic E-state index is 0.0256. The zero-order valence-corrected chi connectivity index (χ0v) is 14.5. The first-order valence-corrected chi connectivity index (χ1v) is 8.35. The third-order valence-electron chi connectivity index (χ3n) is 2.79. The number of benzene rings is 1. The Morgan fingerprint density at radius 2 is 1.96 bits per heavy atom. The van der Waals surface area contributed by atoms with Crippen molar-refractivity contribution in [1.29, 1.82) is 0 Å². The molecular formula is C13H15ClF3NO5S. The molecule has 0 radical (unpaired) electrons. The SMILES string of the molecule is COC(=O)c1cc(OC[C@H](C)NS(=O)(=O)C(F)(F)F)cc(C)c1Cl. The molecule has 0 amide bonds. The lowest BCUT2D eigenvalue weighted by atomic mass is 10.1. The van der Waals surface area contributed by atoms with Gasteiger partial charge in [0.25, 0.3) is 0 Å². The summed E-state index contributed by atoms with van der Waals surface area (Å²) >= 11 is 5.97. The van der Waals surface area contributed by atoms with Crippen molar-refractivity contribution in [2.75, 3.05) is 13.7 Å². The lowest BCUT2D eigenvalue weighted by molar-refractivity contribution is -0.0451. The standard InChI is InChI=1S/C13H15ClF3NO5S/c1-7-4-9(5-10(11(7)14)12(19)22-3)23-6-8(2)18-24(20,21)13(15,16)17/h4-5,8,18H,6H2,1-3H3/t8-/m0/s1. The van der Waals surface area contributed by atoms with Gasteiger partial charge in [0, 0.05) is 0 Å². The molecule has 1 atom stereocenters. The maximum absolute atomic E-state index is 12.3. The second kappa shape index (κ2) is 7.58. The summed E-state index contributed by atoms with van der Waals surface area (Å²) in [5.74, 6) is -0.574. The molecule has 1 rings (SSSR count). The monoisotopic (exact) mass is 389 g/mol. The molecule has 1 aromatic carbocycles. The summed E-state index contributed by atoms with van der Waals surface area (Å²) < 4.78 is 70.0. The molecule has 0 bridgehead atoms. The van der Waals surface area contributed by atoms with Gasteiger partial charge in [-0.15, -0.1) is 0 Å². The Morgan fingerprint density at radius 3 is 2.46 bits per heavy atom. The lowest BCUT2D eigenvalue weighted by Gasteiger charge is -2.17. The number of hydrogen-bond donors (Lipinski definition) is 1. The Balaban J connectivity index is 2.85. The van der Waals surface area contributed by atoms with E-state index in [1.807, 2.05) is 0 Å². The largest absolute Gasteiger partial charge is 0.511 e. The number of esters is 1. The van der Waals surface area contributed by atoms with Crippen LogP contribution in [0.2, 0.25) is 5.02 Å². The summed E-state index contributed by atoms with van der Waals surface area (Å²) in [7, 11) is -4.30. The first-order valence-electron chi connectivity index (χ1n) is 6.49. The van der Waals surface area contributed by atoms with Gasteiger partial charge in [0.15, 0.2) is 0 Å². The first kappa shape index (κ1) is 20.5. The predicted molar refractivity (Wildman–Crippen MR) is 80.6 cm³/mol. The van der Waals surface area contributed by atoms with Gasteiger partial charge in [0.1, 0.15) is 12.4 Å². The van der Waals surface area contributed by atoms with E-state index in [9.17, 15) is 26.4 Å². The van der Waals surface area contributed by atoms with Crippen LogP contribution >= 0.6 is 11.6 Å². The molecule has 11 heteroatoms. The zero-order chi connectivity index (χ0) is 18.7. The van der Waals surface area contributed by atoms with E-state index < -0.39 is 34.1 Å². The van der Waals surface area contributed by atoms with Gasteiger partial charge in [-0.3, -0.25) is 0 Å². The molecule has 136 valence electrons. The highest BCUT2D eigenvalue weighted by Crippen LogP contribution is 2.27. The average molecular weight is 390 g/mol. The number of halogens is 4. The van der Waals surface area contributed by atoms with Gasteiger partial charge in [-0.25, -0.2) is 17.9 Å². The molecule has 1 aromatic rings. The van der Waals surface area contributed by atoms with Crippen LogP contribution in [0.25, 0.3) is 0 Å². The van der Waals surface area contributed by atoms with Crippen LogP contribution < -0.4 is 9.46 Å². The van der Waals surface area contributed by atoms with E-state index in [4.69, 9.17) is 16.3 Å². The van der Waals surface area contributed by atoms with E-state index in [-0.39, 0.29) is 16.3 Å². The van der Waals surface area contributed by atoms with Crippen molar-refractivity contribution in [3.8, 4) is 5.75 Å². The Hall–Kier alpha value is -1.52. The van der Waals surface area contributed by atoms with Gasteiger partial charge < -0.3 is 9.47 Å². The number of carbonyl (C=O) groups excluding carboxylic acids is 1. The van der Waals surface area contributed by atoms with E-state index in [1.165, 1.54) is 23.8 Å². The molecular weight excluding hydrogens is 375 g/mol. The average Bonchev–Trinajstić information content (AvgIpc) is 2.45. The highest BCUT2D eigenvalue weighted by Gasteiger charge is 2.46. The number of sulfonamides is 1.